The van der Waals surface area contributed by atoms with Gasteiger partial charge in [-0.3, -0.25) is 4.79 Å². The third kappa shape index (κ3) is 2.74. The van der Waals surface area contributed by atoms with Gasteiger partial charge in [0.25, 0.3) is 0 Å². The number of hydrogen-bond donors (Lipinski definition) is 0. The number of imidazole rings is 1. The number of benzene rings is 1. The highest BCUT2D eigenvalue weighted by atomic mass is 35.5. The molecule has 0 atom stereocenters. The summed E-state index contributed by atoms with van der Waals surface area (Å²) in [4.78, 5) is 17.1. The number of ether oxygens (including phenoxy) is 1. The van der Waals surface area contributed by atoms with Gasteiger partial charge in [-0.15, -0.1) is 0 Å². The zero-order chi connectivity index (χ0) is 16.0. The quantitative estimate of drug-likeness (QED) is 0.769. The first-order valence-electron chi connectivity index (χ1n) is 8.35. The Balaban J connectivity index is 1.48. The van der Waals surface area contributed by atoms with Gasteiger partial charge in [0.15, 0.2) is 0 Å². The summed E-state index contributed by atoms with van der Waals surface area (Å²) in [6, 6.07) is 5.62. The molecule has 1 aromatic heterocycles. The molecule has 1 heterocycles. The molecule has 4 nitrogen and oxygen atoms in total. The van der Waals surface area contributed by atoms with E-state index >= 15 is 0 Å². The van der Waals surface area contributed by atoms with Gasteiger partial charge in [0.05, 0.1) is 16.4 Å². The first-order chi connectivity index (χ1) is 11.1. The van der Waals surface area contributed by atoms with E-state index in [0.29, 0.717) is 5.02 Å². The lowest BCUT2D eigenvalue weighted by molar-refractivity contribution is -0.164. The molecule has 0 aliphatic heterocycles. The number of carbonyl (C=O) groups excluding carboxylic acids is 1. The fourth-order valence-corrected chi connectivity index (χ4v) is 3.77. The van der Waals surface area contributed by atoms with Crippen LogP contribution in [0.2, 0.25) is 5.02 Å². The predicted octanol–water partition coefficient (Wildman–Crippen LogP) is 4.24. The van der Waals surface area contributed by atoms with Crippen molar-refractivity contribution in [3.8, 4) is 0 Å². The van der Waals surface area contributed by atoms with E-state index in [4.69, 9.17) is 16.3 Å². The molecule has 2 fully saturated rings. The summed E-state index contributed by atoms with van der Waals surface area (Å²) >= 11 is 6.01. The molecule has 1 aromatic carbocycles. The van der Waals surface area contributed by atoms with Crippen molar-refractivity contribution in [2.45, 2.75) is 45.1 Å². The number of nitrogens with zero attached hydrogens (tertiary/aromatic N) is 2. The molecule has 0 saturated heterocycles. The van der Waals surface area contributed by atoms with E-state index in [1.807, 2.05) is 29.8 Å². The van der Waals surface area contributed by atoms with Crippen LogP contribution in [0.4, 0.5) is 0 Å². The second kappa shape index (κ2) is 5.52. The highest BCUT2D eigenvalue weighted by Crippen LogP contribution is 2.51. The number of carbonyl (C=O) groups is 1. The van der Waals surface area contributed by atoms with Crippen LogP contribution in [0.5, 0.6) is 0 Å². The number of aryl methyl sites for hydroxylation is 1. The summed E-state index contributed by atoms with van der Waals surface area (Å²) in [6.45, 7) is 0.230. The van der Waals surface area contributed by atoms with Gasteiger partial charge < -0.3 is 9.30 Å². The summed E-state index contributed by atoms with van der Waals surface area (Å²) in [5.74, 6) is 1.48. The molecular formula is C18H21ClN2O2. The van der Waals surface area contributed by atoms with Crippen molar-refractivity contribution in [1.82, 2.24) is 9.55 Å². The lowest BCUT2D eigenvalue weighted by Gasteiger charge is -2.39. The first-order valence-corrected chi connectivity index (χ1v) is 8.73. The van der Waals surface area contributed by atoms with Crippen molar-refractivity contribution >= 4 is 28.6 Å². The summed E-state index contributed by atoms with van der Waals surface area (Å²) in [6.07, 6.45) is 6.69. The van der Waals surface area contributed by atoms with Crippen molar-refractivity contribution in [2.75, 3.05) is 0 Å². The highest BCUT2D eigenvalue weighted by Gasteiger charge is 2.48. The molecule has 5 heteroatoms. The van der Waals surface area contributed by atoms with Crippen LogP contribution in [0.25, 0.3) is 11.0 Å². The molecule has 0 amide bonds. The van der Waals surface area contributed by atoms with Gasteiger partial charge in [-0.2, -0.15) is 0 Å². The van der Waals surface area contributed by atoms with E-state index in [0.717, 1.165) is 48.5 Å². The topological polar surface area (TPSA) is 44.1 Å². The molecule has 23 heavy (non-hydrogen) atoms. The third-order valence-electron chi connectivity index (χ3n) is 5.39. The molecule has 122 valence electrons. The van der Waals surface area contributed by atoms with Gasteiger partial charge in [0.2, 0.25) is 0 Å². The molecule has 4 rings (SSSR count). The fourth-order valence-electron chi connectivity index (χ4n) is 3.60. The van der Waals surface area contributed by atoms with E-state index in [2.05, 4.69) is 4.98 Å². The standard InChI is InChI=1S/C18H21ClN2O2/c1-21-15-6-5-13(19)9-14(15)20-16(21)11-23-17(22)18(7-2-8-18)10-12-3-4-12/h5-6,9,12H,2-4,7-8,10-11H2,1H3. The smallest absolute Gasteiger partial charge is 0.312 e. The van der Waals surface area contributed by atoms with Crippen LogP contribution in [-0.4, -0.2) is 15.5 Å². The van der Waals surface area contributed by atoms with E-state index in [1.165, 1.54) is 12.8 Å². The van der Waals surface area contributed by atoms with Crippen molar-refractivity contribution in [2.24, 2.45) is 18.4 Å². The minimum atomic E-state index is -0.199. The van der Waals surface area contributed by atoms with Gasteiger partial charge in [-0.1, -0.05) is 30.9 Å². The van der Waals surface area contributed by atoms with Gasteiger partial charge >= 0.3 is 5.97 Å². The number of fused-ring (bicyclic) bond motifs is 1. The molecule has 2 aliphatic rings. The van der Waals surface area contributed by atoms with Crippen molar-refractivity contribution in [3.05, 3.63) is 29.0 Å². The number of aromatic nitrogens is 2. The molecule has 0 bridgehead atoms. The maximum atomic E-state index is 12.6. The molecule has 0 N–H and O–H groups in total. The molecule has 0 spiro atoms. The van der Waals surface area contributed by atoms with Crippen LogP contribution >= 0.6 is 11.6 Å². The Morgan fingerprint density at radius 1 is 1.43 bits per heavy atom. The number of hydrogen-bond acceptors (Lipinski definition) is 3. The zero-order valence-electron chi connectivity index (χ0n) is 13.3. The van der Waals surface area contributed by atoms with Gasteiger partial charge in [-0.25, -0.2) is 4.98 Å². The molecule has 2 aliphatic carbocycles. The second-order valence-corrected chi connectivity index (χ2v) is 7.51. The monoisotopic (exact) mass is 332 g/mol. The van der Waals surface area contributed by atoms with Gasteiger partial charge in [0.1, 0.15) is 12.4 Å². The molecule has 2 saturated carbocycles. The number of rotatable bonds is 5. The summed E-state index contributed by atoms with van der Waals surface area (Å²) in [5, 5.41) is 0.664. The number of halogens is 1. The van der Waals surface area contributed by atoms with Crippen LogP contribution in [-0.2, 0) is 23.2 Å². The minimum absolute atomic E-state index is 0.0271. The van der Waals surface area contributed by atoms with Crippen LogP contribution in [0, 0.1) is 11.3 Å². The Hall–Kier alpha value is -1.55. The summed E-state index contributed by atoms with van der Waals surface area (Å²) in [7, 11) is 1.94. The lowest BCUT2D eigenvalue weighted by atomic mass is 9.65. The second-order valence-electron chi connectivity index (χ2n) is 7.08. The minimum Gasteiger partial charge on any atom is -0.457 e. The first kappa shape index (κ1) is 15.0. The SMILES string of the molecule is Cn1c(COC(=O)C2(CC3CC3)CCC2)nc2cc(Cl)ccc21. The Labute approximate surface area is 140 Å². The Kier molecular flexibility index (Phi) is 3.60. The maximum Gasteiger partial charge on any atom is 0.312 e. The number of esters is 1. The largest absolute Gasteiger partial charge is 0.457 e. The molecule has 0 unspecified atom stereocenters. The molecule has 2 aromatic rings. The summed E-state index contributed by atoms with van der Waals surface area (Å²) < 4.78 is 7.61. The third-order valence-corrected chi connectivity index (χ3v) is 5.62. The van der Waals surface area contributed by atoms with Crippen LogP contribution < -0.4 is 0 Å². The molecule has 0 radical (unpaired) electrons. The van der Waals surface area contributed by atoms with Crippen molar-refractivity contribution in [1.29, 1.82) is 0 Å². The Morgan fingerprint density at radius 2 is 2.22 bits per heavy atom. The highest BCUT2D eigenvalue weighted by molar-refractivity contribution is 6.31. The average molecular weight is 333 g/mol. The van der Waals surface area contributed by atoms with E-state index in [9.17, 15) is 4.79 Å². The normalized spacial score (nSPS) is 19.6. The maximum absolute atomic E-state index is 12.6. The van der Waals surface area contributed by atoms with Crippen molar-refractivity contribution in [3.63, 3.8) is 0 Å². The van der Waals surface area contributed by atoms with Crippen LogP contribution in [0.1, 0.15) is 44.3 Å². The van der Waals surface area contributed by atoms with E-state index in [1.54, 1.807) is 0 Å². The average Bonchev–Trinajstić information content (AvgIpc) is 3.25. The van der Waals surface area contributed by atoms with E-state index < -0.39 is 0 Å². The Bertz CT molecular complexity index is 760. The van der Waals surface area contributed by atoms with Crippen molar-refractivity contribution < 1.29 is 9.53 Å². The zero-order valence-corrected chi connectivity index (χ0v) is 14.1. The van der Waals surface area contributed by atoms with Gasteiger partial charge in [-0.05, 0) is 43.4 Å². The molecular weight excluding hydrogens is 312 g/mol. The van der Waals surface area contributed by atoms with Gasteiger partial charge in [0, 0.05) is 12.1 Å². The van der Waals surface area contributed by atoms with Crippen LogP contribution in [0.3, 0.4) is 0 Å². The Morgan fingerprint density at radius 3 is 2.87 bits per heavy atom. The summed E-state index contributed by atoms with van der Waals surface area (Å²) in [5.41, 5.74) is 1.63. The lowest BCUT2D eigenvalue weighted by Crippen LogP contribution is -2.39. The van der Waals surface area contributed by atoms with E-state index in [-0.39, 0.29) is 18.0 Å². The fraction of sp³-hybridized carbons (Fsp3) is 0.556. The predicted molar refractivity (Wildman–Crippen MR) is 89.1 cm³/mol. The van der Waals surface area contributed by atoms with Crippen LogP contribution in [0.15, 0.2) is 18.2 Å².